The fraction of sp³-hybridized carbons (Fsp3) is 0.583. The lowest BCUT2D eigenvalue weighted by molar-refractivity contribution is -0.683. The molecule has 2 atom stereocenters. The molecule has 4 amide bonds. The summed E-state index contributed by atoms with van der Waals surface area (Å²) in [4.78, 5) is 36.5. The van der Waals surface area contributed by atoms with Crippen molar-refractivity contribution in [3.05, 3.63) is 16.9 Å². The monoisotopic (exact) mass is 252 g/mol. The van der Waals surface area contributed by atoms with Gasteiger partial charge in [-0.2, -0.15) is 0 Å². The Bertz CT molecular complexity index is 431. The minimum absolute atomic E-state index is 0.592. The van der Waals surface area contributed by atoms with E-state index < -0.39 is 28.3 Å². The standard InChI is InChI=1S/C12H16N2O4/c1-12(8-6-4-3-5-7-8)9(15)13(2)11(17)14(18)10(12)16/h6,14H,3-5,7H2,1-2H3. The van der Waals surface area contributed by atoms with Crippen LogP contribution >= 0.6 is 0 Å². The summed E-state index contributed by atoms with van der Waals surface area (Å²) in [5, 5.41) is 10.5. The van der Waals surface area contributed by atoms with Gasteiger partial charge in [0.25, 0.3) is 5.91 Å². The summed E-state index contributed by atoms with van der Waals surface area (Å²) < 4.78 is 0. The number of hydrogen-bond acceptors (Lipinski definition) is 4. The topological polar surface area (TPSA) is 81.9 Å². The Hall–Kier alpha value is -1.53. The van der Waals surface area contributed by atoms with E-state index in [2.05, 4.69) is 0 Å². The molecule has 1 saturated heterocycles. The fourth-order valence-corrected chi connectivity index (χ4v) is 2.58. The molecule has 0 spiro atoms. The number of hydrogen-bond donors (Lipinski definition) is 1. The molecule has 2 rings (SSSR count). The Balaban J connectivity index is 2.46. The SMILES string of the molecule is CN1C(=O)[NH+]([O-])C(=O)C(C)(C2=CCCCC2)C1=O. The number of imide groups is 2. The minimum atomic E-state index is -1.47. The maximum absolute atomic E-state index is 12.2. The molecule has 2 aliphatic rings. The number of rotatable bonds is 1. The van der Waals surface area contributed by atoms with Crippen LogP contribution in [0.25, 0.3) is 0 Å². The van der Waals surface area contributed by atoms with Crippen LogP contribution in [0.1, 0.15) is 32.6 Å². The number of carbonyl (C=O) groups excluding carboxylic acids is 3. The lowest BCUT2D eigenvalue weighted by atomic mass is 9.74. The summed E-state index contributed by atoms with van der Waals surface area (Å²) in [6.45, 7) is 1.45. The number of nitrogens with one attached hydrogen (secondary N) is 1. The molecular weight excluding hydrogens is 236 g/mol. The normalized spacial score (nSPS) is 33.7. The Labute approximate surface area is 105 Å². The molecule has 1 heterocycles. The zero-order valence-corrected chi connectivity index (χ0v) is 10.5. The molecule has 6 heteroatoms. The van der Waals surface area contributed by atoms with Gasteiger partial charge in [0.1, 0.15) is 0 Å². The summed E-state index contributed by atoms with van der Waals surface area (Å²) in [5.41, 5.74) is -0.795. The molecular formula is C12H16N2O4. The van der Waals surface area contributed by atoms with Crippen LogP contribution in [0.15, 0.2) is 11.6 Å². The van der Waals surface area contributed by atoms with Crippen LogP contribution in [-0.4, -0.2) is 29.8 Å². The van der Waals surface area contributed by atoms with Crippen LogP contribution in [0, 0.1) is 10.6 Å². The molecule has 0 aromatic rings. The van der Waals surface area contributed by atoms with Crippen LogP contribution in [-0.2, 0) is 9.59 Å². The molecule has 1 N–H and O–H groups in total. The van der Waals surface area contributed by atoms with Gasteiger partial charge < -0.3 is 5.21 Å². The smallest absolute Gasteiger partial charge is 0.431 e. The van der Waals surface area contributed by atoms with Gasteiger partial charge in [-0.15, -0.1) is 0 Å². The number of amides is 4. The van der Waals surface area contributed by atoms with Crippen molar-refractivity contribution in [2.45, 2.75) is 32.6 Å². The minimum Gasteiger partial charge on any atom is -0.618 e. The van der Waals surface area contributed by atoms with Gasteiger partial charge in [0.2, 0.25) is 0 Å². The third-order valence-electron chi connectivity index (χ3n) is 3.82. The zero-order valence-electron chi connectivity index (χ0n) is 10.5. The highest BCUT2D eigenvalue weighted by Crippen LogP contribution is 2.36. The first-order chi connectivity index (χ1) is 8.40. The van der Waals surface area contributed by atoms with E-state index in [1.54, 1.807) is 0 Å². The zero-order chi connectivity index (χ0) is 13.5. The maximum atomic E-state index is 12.2. The number of barbiturate groups is 1. The van der Waals surface area contributed by atoms with Gasteiger partial charge in [0.05, 0.1) is 0 Å². The molecule has 18 heavy (non-hydrogen) atoms. The van der Waals surface area contributed by atoms with Gasteiger partial charge in [-0.3, -0.25) is 4.79 Å². The largest absolute Gasteiger partial charge is 0.618 e. The molecule has 2 unspecified atom stereocenters. The quantitative estimate of drug-likeness (QED) is 0.404. The Morgan fingerprint density at radius 3 is 2.56 bits per heavy atom. The van der Waals surface area contributed by atoms with Crippen molar-refractivity contribution >= 4 is 17.8 Å². The van der Waals surface area contributed by atoms with Crippen LogP contribution in [0.3, 0.4) is 0 Å². The molecule has 1 aliphatic carbocycles. The summed E-state index contributed by atoms with van der Waals surface area (Å²) in [6, 6.07) is -1.03. The van der Waals surface area contributed by atoms with E-state index in [-0.39, 0.29) is 0 Å². The van der Waals surface area contributed by atoms with Crippen LogP contribution in [0.5, 0.6) is 0 Å². The van der Waals surface area contributed by atoms with Gasteiger partial charge in [-0.05, 0) is 38.2 Å². The van der Waals surface area contributed by atoms with Gasteiger partial charge in [0, 0.05) is 7.05 Å². The summed E-state index contributed by atoms with van der Waals surface area (Å²) in [5.74, 6) is -1.48. The van der Waals surface area contributed by atoms with Crippen LogP contribution in [0.4, 0.5) is 4.79 Å². The number of carbonyl (C=O) groups is 3. The molecule has 0 saturated carbocycles. The average Bonchev–Trinajstić information content (AvgIpc) is 2.42. The first kappa shape index (κ1) is 12.9. The van der Waals surface area contributed by atoms with E-state index in [4.69, 9.17) is 0 Å². The van der Waals surface area contributed by atoms with Crippen LogP contribution in [0.2, 0.25) is 0 Å². The van der Waals surface area contributed by atoms with Crippen molar-refractivity contribution in [2.75, 3.05) is 7.05 Å². The molecule has 1 fully saturated rings. The summed E-state index contributed by atoms with van der Waals surface area (Å²) in [7, 11) is 1.25. The highest BCUT2D eigenvalue weighted by molar-refractivity contribution is 6.14. The predicted octanol–water partition coefficient (Wildman–Crippen LogP) is -0.00560. The molecule has 98 valence electrons. The average molecular weight is 252 g/mol. The number of quaternary nitrogens is 1. The third-order valence-corrected chi connectivity index (χ3v) is 3.82. The molecule has 1 aliphatic heterocycles. The molecule has 0 aromatic heterocycles. The predicted molar refractivity (Wildman–Crippen MR) is 62.2 cm³/mol. The molecule has 0 radical (unpaired) electrons. The van der Waals surface area contributed by atoms with E-state index in [9.17, 15) is 19.6 Å². The molecule has 0 bridgehead atoms. The Morgan fingerprint density at radius 1 is 1.33 bits per heavy atom. The fourth-order valence-electron chi connectivity index (χ4n) is 2.58. The van der Waals surface area contributed by atoms with Crippen molar-refractivity contribution in [3.63, 3.8) is 0 Å². The second-order valence-electron chi connectivity index (χ2n) is 4.93. The van der Waals surface area contributed by atoms with E-state index in [1.165, 1.54) is 14.0 Å². The van der Waals surface area contributed by atoms with Crippen molar-refractivity contribution in [2.24, 2.45) is 5.41 Å². The molecule has 0 aromatic carbocycles. The molecule has 6 nitrogen and oxygen atoms in total. The maximum Gasteiger partial charge on any atom is 0.431 e. The first-order valence-corrected chi connectivity index (χ1v) is 6.01. The van der Waals surface area contributed by atoms with Gasteiger partial charge >= 0.3 is 11.9 Å². The number of nitrogens with zero attached hydrogens (tertiary/aromatic N) is 1. The second kappa shape index (κ2) is 4.29. The van der Waals surface area contributed by atoms with E-state index in [0.29, 0.717) is 12.0 Å². The van der Waals surface area contributed by atoms with Crippen molar-refractivity contribution in [1.82, 2.24) is 4.90 Å². The lowest BCUT2D eigenvalue weighted by Gasteiger charge is -2.39. The van der Waals surface area contributed by atoms with E-state index in [1.807, 2.05) is 6.08 Å². The van der Waals surface area contributed by atoms with Gasteiger partial charge in [-0.1, -0.05) is 6.08 Å². The number of urea groups is 1. The van der Waals surface area contributed by atoms with Crippen molar-refractivity contribution in [1.29, 1.82) is 0 Å². The second-order valence-corrected chi connectivity index (χ2v) is 4.93. The van der Waals surface area contributed by atoms with E-state index in [0.717, 1.165) is 24.2 Å². The van der Waals surface area contributed by atoms with E-state index >= 15 is 0 Å². The number of allylic oxidation sites excluding steroid dienone is 1. The summed E-state index contributed by atoms with van der Waals surface area (Å²) in [6.07, 6.45) is 5.20. The third kappa shape index (κ3) is 1.60. The Morgan fingerprint density at radius 2 is 2.00 bits per heavy atom. The highest BCUT2D eigenvalue weighted by Gasteiger charge is 2.57. The summed E-state index contributed by atoms with van der Waals surface area (Å²) >= 11 is 0. The highest BCUT2D eigenvalue weighted by atomic mass is 16.5. The van der Waals surface area contributed by atoms with Gasteiger partial charge in [0.15, 0.2) is 5.41 Å². The Kier molecular flexibility index (Phi) is 3.08. The number of hydroxylamine groups is 2. The van der Waals surface area contributed by atoms with Crippen LogP contribution < -0.4 is 5.06 Å². The first-order valence-electron chi connectivity index (χ1n) is 6.01. The lowest BCUT2D eigenvalue weighted by Crippen LogP contribution is -3.17. The van der Waals surface area contributed by atoms with Gasteiger partial charge in [-0.25, -0.2) is 19.6 Å². The van der Waals surface area contributed by atoms with Crippen molar-refractivity contribution < 1.29 is 19.4 Å². The van der Waals surface area contributed by atoms with Crippen molar-refractivity contribution in [3.8, 4) is 0 Å².